The highest BCUT2D eigenvalue weighted by molar-refractivity contribution is 5.46. The molecular weight excluding hydrogens is 203 g/mol. The topological polar surface area (TPSA) is 29.3 Å². The normalized spacial score (nSPS) is 13.1. The van der Waals surface area contributed by atoms with Crippen molar-refractivity contribution in [1.29, 1.82) is 0 Å². The van der Waals surface area contributed by atoms with Gasteiger partial charge in [-0.25, -0.2) is 4.39 Å². The zero-order chi connectivity index (χ0) is 12.1. The molecule has 0 aliphatic carbocycles. The Morgan fingerprint density at radius 2 is 2.12 bits per heavy atom. The van der Waals surface area contributed by atoms with E-state index >= 15 is 0 Å². The fourth-order valence-corrected chi connectivity index (χ4v) is 1.73. The van der Waals surface area contributed by atoms with Crippen LogP contribution in [-0.2, 0) is 6.54 Å². The molecule has 1 atom stereocenters. The minimum Gasteiger partial charge on any atom is -0.398 e. The van der Waals surface area contributed by atoms with Crippen LogP contribution in [0.5, 0.6) is 0 Å². The molecule has 90 valence electrons. The lowest BCUT2D eigenvalue weighted by molar-refractivity contribution is 0.275. The first-order valence-corrected chi connectivity index (χ1v) is 5.75. The van der Waals surface area contributed by atoms with Gasteiger partial charge in [0.1, 0.15) is 5.82 Å². The van der Waals surface area contributed by atoms with Crippen LogP contribution in [0.25, 0.3) is 0 Å². The third-order valence-corrected chi connectivity index (χ3v) is 2.87. The van der Waals surface area contributed by atoms with Gasteiger partial charge in [-0.05, 0) is 36.7 Å². The van der Waals surface area contributed by atoms with E-state index in [-0.39, 0.29) is 5.82 Å². The maximum atomic E-state index is 13.1. The lowest BCUT2D eigenvalue weighted by atomic mass is 10.1. The van der Waals surface area contributed by atoms with Crippen LogP contribution in [0, 0.1) is 11.7 Å². The Balaban J connectivity index is 2.61. The van der Waals surface area contributed by atoms with Crippen LogP contribution in [0.2, 0.25) is 0 Å². The molecule has 0 radical (unpaired) electrons. The highest BCUT2D eigenvalue weighted by Gasteiger charge is 2.07. The quantitative estimate of drug-likeness (QED) is 0.779. The van der Waals surface area contributed by atoms with Crippen molar-refractivity contribution in [2.24, 2.45) is 5.92 Å². The van der Waals surface area contributed by atoms with Crippen molar-refractivity contribution in [1.82, 2.24) is 4.90 Å². The molecule has 1 unspecified atom stereocenters. The van der Waals surface area contributed by atoms with Gasteiger partial charge < -0.3 is 10.6 Å². The van der Waals surface area contributed by atoms with Gasteiger partial charge in [-0.3, -0.25) is 0 Å². The first kappa shape index (κ1) is 13.0. The van der Waals surface area contributed by atoms with Crippen LogP contribution < -0.4 is 5.73 Å². The van der Waals surface area contributed by atoms with E-state index in [9.17, 15) is 4.39 Å². The smallest absolute Gasteiger partial charge is 0.123 e. The van der Waals surface area contributed by atoms with Crippen LogP contribution in [0.1, 0.15) is 25.8 Å². The molecule has 1 aromatic rings. The predicted octanol–water partition coefficient (Wildman–Crippen LogP) is 2.89. The zero-order valence-corrected chi connectivity index (χ0v) is 10.3. The third kappa shape index (κ3) is 3.81. The molecule has 2 nitrogen and oxygen atoms in total. The van der Waals surface area contributed by atoms with E-state index < -0.39 is 0 Å². The molecule has 1 aromatic carbocycles. The number of hydrogen-bond donors (Lipinski definition) is 1. The summed E-state index contributed by atoms with van der Waals surface area (Å²) in [5.41, 5.74) is 7.34. The second-order valence-electron chi connectivity index (χ2n) is 4.55. The number of halogens is 1. The first-order chi connectivity index (χ1) is 7.52. The van der Waals surface area contributed by atoms with E-state index in [1.165, 1.54) is 12.1 Å². The summed E-state index contributed by atoms with van der Waals surface area (Å²) in [5.74, 6) is 0.431. The van der Waals surface area contributed by atoms with Gasteiger partial charge in [0, 0.05) is 18.8 Å². The molecule has 0 spiro atoms. The van der Waals surface area contributed by atoms with Gasteiger partial charge in [-0.1, -0.05) is 20.3 Å². The Morgan fingerprint density at radius 3 is 2.75 bits per heavy atom. The summed E-state index contributed by atoms with van der Waals surface area (Å²) in [6.07, 6.45) is 1.16. The number of anilines is 1. The molecular formula is C13H21FN2. The van der Waals surface area contributed by atoms with E-state index in [0.29, 0.717) is 18.2 Å². The number of nitrogens with zero attached hydrogens (tertiary/aromatic N) is 1. The number of nitrogens with two attached hydrogens (primary N) is 1. The molecule has 0 saturated carbocycles. The van der Waals surface area contributed by atoms with Crippen LogP contribution in [-0.4, -0.2) is 18.5 Å². The SMILES string of the molecule is CCC(C)CN(C)Cc1cc(F)ccc1N. The fourth-order valence-electron chi connectivity index (χ4n) is 1.73. The van der Waals surface area contributed by atoms with Crippen LogP contribution >= 0.6 is 0 Å². The van der Waals surface area contributed by atoms with Gasteiger partial charge in [0.25, 0.3) is 0 Å². The highest BCUT2D eigenvalue weighted by Crippen LogP contribution is 2.16. The predicted molar refractivity (Wildman–Crippen MR) is 66.6 cm³/mol. The minimum atomic E-state index is -0.221. The molecule has 0 saturated heterocycles. The lowest BCUT2D eigenvalue weighted by Gasteiger charge is -2.21. The van der Waals surface area contributed by atoms with Gasteiger partial charge in [0.05, 0.1) is 0 Å². The van der Waals surface area contributed by atoms with E-state index in [2.05, 4.69) is 18.7 Å². The van der Waals surface area contributed by atoms with E-state index in [4.69, 9.17) is 5.73 Å². The van der Waals surface area contributed by atoms with Gasteiger partial charge in [0.2, 0.25) is 0 Å². The highest BCUT2D eigenvalue weighted by atomic mass is 19.1. The Morgan fingerprint density at radius 1 is 1.44 bits per heavy atom. The second-order valence-corrected chi connectivity index (χ2v) is 4.55. The molecule has 16 heavy (non-hydrogen) atoms. The van der Waals surface area contributed by atoms with Gasteiger partial charge in [-0.15, -0.1) is 0 Å². The molecule has 0 bridgehead atoms. The summed E-state index contributed by atoms with van der Waals surface area (Å²) in [6.45, 7) is 6.10. The van der Waals surface area contributed by atoms with Crippen molar-refractivity contribution in [2.75, 3.05) is 19.3 Å². The summed E-state index contributed by atoms with van der Waals surface area (Å²) in [7, 11) is 2.04. The molecule has 0 aliphatic heterocycles. The molecule has 0 heterocycles. The van der Waals surface area contributed by atoms with Crippen molar-refractivity contribution >= 4 is 5.69 Å². The van der Waals surface area contributed by atoms with Crippen LogP contribution in [0.3, 0.4) is 0 Å². The number of benzene rings is 1. The standard InChI is InChI=1S/C13H21FN2/c1-4-10(2)8-16(3)9-11-7-12(14)5-6-13(11)15/h5-7,10H,4,8-9,15H2,1-3H3. The van der Waals surface area contributed by atoms with E-state index in [1.54, 1.807) is 6.07 Å². The van der Waals surface area contributed by atoms with Crippen molar-refractivity contribution in [2.45, 2.75) is 26.8 Å². The van der Waals surface area contributed by atoms with E-state index in [1.807, 2.05) is 7.05 Å². The molecule has 0 aromatic heterocycles. The van der Waals surface area contributed by atoms with Crippen molar-refractivity contribution < 1.29 is 4.39 Å². The summed E-state index contributed by atoms with van der Waals surface area (Å²) in [6, 6.07) is 4.54. The summed E-state index contributed by atoms with van der Waals surface area (Å²) >= 11 is 0. The average Bonchev–Trinajstić information content (AvgIpc) is 2.23. The Labute approximate surface area is 97.3 Å². The summed E-state index contributed by atoms with van der Waals surface area (Å²) < 4.78 is 13.1. The summed E-state index contributed by atoms with van der Waals surface area (Å²) in [4.78, 5) is 2.18. The monoisotopic (exact) mass is 224 g/mol. The molecule has 3 heteroatoms. The summed E-state index contributed by atoms with van der Waals surface area (Å²) in [5, 5.41) is 0. The van der Waals surface area contributed by atoms with Crippen molar-refractivity contribution in [3.8, 4) is 0 Å². The largest absolute Gasteiger partial charge is 0.398 e. The Kier molecular flexibility index (Phi) is 4.74. The maximum absolute atomic E-state index is 13.1. The zero-order valence-electron chi connectivity index (χ0n) is 10.3. The molecule has 1 rings (SSSR count). The van der Waals surface area contributed by atoms with E-state index in [0.717, 1.165) is 18.5 Å². The van der Waals surface area contributed by atoms with Gasteiger partial charge >= 0.3 is 0 Å². The number of nitrogen functional groups attached to an aromatic ring is 1. The first-order valence-electron chi connectivity index (χ1n) is 5.75. The molecule has 0 amide bonds. The molecule has 0 aliphatic rings. The average molecular weight is 224 g/mol. The van der Waals surface area contributed by atoms with Gasteiger partial charge in [-0.2, -0.15) is 0 Å². The Bertz CT molecular complexity index is 339. The van der Waals surface area contributed by atoms with Crippen molar-refractivity contribution in [3.05, 3.63) is 29.6 Å². The number of rotatable bonds is 5. The second kappa shape index (κ2) is 5.85. The maximum Gasteiger partial charge on any atom is 0.123 e. The molecule has 0 fully saturated rings. The molecule has 2 N–H and O–H groups in total. The number of hydrogen-bond acceptors (Lipinski definition) is 2. The third-order valence-electron chi connectivity index (χ3n) is 2.87. The Hall–Kier alpha value is -1.09. The van der Waals surface area contributed by atoms with Crippen molar-refractivity contribution in [3.63, 3.8) is 0 Å². The fraction of sp³-hybridized carbons (Fsp3) is 0.538. The van der Waals surface area contributed by atoms with Gasteiger partial charge in [0.15, 0.2) is 0 Å². The lowest BCUT2D eigenvalue weighted by Crippen LogP contribution is -2.24. The van der Waals surface area contributed by atoms with Crippen LogP contribution in [0.15, 0.2) is 18.2 Å². The van der Waals surface area contributed by atoms with Crippen LogP contribution in [0.4, 0.5) is 10.1 Å². The minimum absolute atomic E-state index is 0.221.